The average Bonchev–Trinajstić information content (AvgIpc) is 2.49. The van der Waals surface area contributed by atoms with Crippen molar-refractivity contribution in [2.24, 2.45) is 0 Å². The SMILES string of the molecule is CN(CCc1ccccn1)C(=O)CCN(C)C(=O)OC(C)(C)C. The Labute approximate surface area is 138 Å². The molecule has 0 aliphatic rings. The number of rotatable bonds is 6. The number of aromatic nitrogens is 1. The van der Waals surface area contributed by atoms with Crippen molar-refractivity contribution in [3.8, 4) is 0 Å². The standard InChI is InChI=1S/C17H27N3O3/c1-17(2,3)23-16(22)20(5)13-10-15(21)19(4)12-9-14-8-6-7-11-18-14/h6-8,11H,9-10,12-13H2,1-5H3. The summed E-state index contributed by atoms with van der Waals surface area (Å²) in [5, 5.41) is 0. The van der Waals surface area contributed by atoms with Crippen molar-refractivity contribution in [1.82, 2.24) is 14.8 Å². The van der Waals surface area contributed by atoms with E-state index in [0.717, 1.165) is 5.69 Å². The molecule has 2 amide bonds. The number of nitrogens with zero attached hydrogens (tertiary/aromatic N) is 3. The fourth-order valence-electron chi connectivity index (χ4n) is 1.84. The van der Waals surface area contributed by atoms with Gasteiger partial charge < -0.3 is 14.5 Å². The van der Waals surface area contributed by atoms with Crippen LogP contribution in [-0.2, 0) is 16.0 Å². The summed E-state index contributed by atoms with van der Waals surface area (Å²) in [6, 6.07) is 5.74. The van der Waals surface area contributed by atoms with Gasteiger partial charge in [-0.3, -0.25) is 9.78 Å². The summed E-state index contributed by atoms with van der Waals surface area (Å²) in [6.45, 7) is 6.38. The molecular formula is C17H27N3O3. The molecular weight excluding hydrogens is 294 g/mol. The fraction of sp³-hybridized carbons (Fsp3) is 0.588. The number of hydrogen-bond acceptors (Lipinski definition) is 4. The monoisotopic (exact) mass is 321 g/mol. The molecule has 0 unspecified atom stereocenters. The van der Waals surface area contributed by atoms with E-state index in [4.69, 9.17) is 4.74 Å². The Morgan fingerprint density at radius 1 is 1.13 bits per heavy atom. The van der Waals surface area contributed by atoms with E-state index in [2.05, 4.69) is 4.98 Å². The van der Waals surface area contributed by atoms with Crippen LogP contribution in [0.5, 0.6) is 0 Å². The van der Waals surface area contributed by atoms with Crippen LogP contribution in [0.2, 0.25) is 0 Å². The Bertz CT molecular complexity index is 512. The van der Waals surface area contributed by atoms with Crippen LogP contribution in [0.4, 0.5) is 4.79 Å². The van der Waals surface area contributed by atoms with Crippen LogP contribution in [0.25, 0.3) is 0 Å². The zero-order chi connectivity index (χ0) is 17.5. The van der Waals surface area contributed by atoms with Crippen molar-refractivity contribution in [2.75, 3.05) is 27.2 Å². The van der Waals surface area contributed by atoms with Gasteiger partial charge in [0.1, 0.15) is 5.60 Å². The van der Waals surface area contributed by atoms with E-state index in [1.54, 1.807) is 25.2 Å². The molecule has 0 fully saturated rings. The van der Waals surface area contributed by atoms with E-state index in [1.165, 1.54) is 4.90 Å². The zero-order valence-corrected chi connectivity index (χ0v) is 14.7. The second-order valence-electron chi connectivity index (χ2n) is 6.54. The number of likely N-dealkylation sites (N-methyl/N-ethyl adjacent to an activating group) is 1. The van der Waals surface area contributed by atoms with Crippen molar-refractivity contribution in [3.63, 3.8) is 0 Å². The molecule has 0 saturated carbocycles. The number of carbonyl (C=O) groups excluding carboxylic acids is 2. The smallest absolute Gasteiger partial charge is 0.410 e. The van der Waals surface area contributed by atoms with Gasteiger partial charge in [0, 0.05) is 51.9 Å². The summed E-state index contributed by atoms with van der Waals surface area (Å²) in [5.74, 6) is -0.00339. The fourth-order valence-corrected chi connectivity index (χ4v) is 1.84. The number of carbonyl (C=O) groups is 2. The molecule has 0 atom stereocenters. The lowest BCUT2D eigenvalue weighted by molar-refractivity contribution is -0.130. The number of amides is 2. The largest absolute Gasteiger partial charge is 0.444 e. The summed E-state index contributed by atoms with van der Waals surface area (Å²) < 4.78 is 5.25. The molecule has 0 aliphatic heterocycles. The van der Waals surface area contributed by atoms with Crippen LogP contribution >= 0.6 is 0 Å². The van der Waals surface area contributed by atoms with E-state index in [1.807, 2.05) is 39.0 Å². The topological polar surface area (TPSA) is 62.7 Å². The number of ether oxygens (including phenoxy) is 1. The maximum Gasteiger partial charge on any atom is 0.410 e. The van der Waals surface area contributed by atoms with Crippen molar-refractivity contribution in [1.29, 1.82) is 0 Å². The van der Waals surface area contributed by atoms with Crippen LogP contribution < -0.4 is 0 Å². The van der Waals surface area contributed by atoms with Gasteiger partial charge in [0.15, 0.2) is 0 Å². The van der Waals surface area contributed by atoms with E-state index in [-0.39, 0.29) is 12.3 Å². The van der Waals surface area contributed by atoms with E-state index < -0.39 is 11.7 Å². The molecule has 1 heterocycles. The van der Waals surface area contributed by atoms with Crippen molar-refractivity contribution in [2.45, 2.75) is 39.2 Å². The van der Waals surface area contributed by atoms with Crippen LogP contribution in [0.15, 0.2) is 24.4 Å². The third-order valence-electron chi connectivity index (χ3n) is 3.22. The lowest BCUT2D eigenvalue weighted by Gasteiger charge is -2.25. The maximum atomic E-state index is 12.1. The highest BCUT2D eigenvalue weighted by Gasteiger charge is 2.20. The van der Waals surface area contributed by atoms with Gasteiger partial charge in [-0.25, -0.2) is 4.79 Å². The molecule has 0 saturated heterocycles. The van der Waals surface area contributed by atoms with Gasteiger partial charge in [-0.15, -0.1) is 0 Å². The minimum atomic E-state index is -0.533. The van der Waals surface area contributed by atoms with E-state index in [0.29, 0.717) is 19.5 Å². The van der Waals surface area contributed by atoms with Crippen molar-refractivity contribution in [3.05, 3.63) is 30.1 Å². The third kappa shape index (κ3) is 7.63. The number of hydrogen-bond donors (Lipinski definition) is 0. The molecule has 0 aliphatic carbocycles. The summed E-state index contributed by atoms with van der Waals surface area (Å²) in [7, 11) is 3.40. The lowest BCUT2D eigenvalue weighted by atomic mass is 10.2. The van der Waals surface area contributed by atoms with Gasteiger partial charge in [0.2, 0.25) is 5.91 Å². The van der Waals surface area contributed by atoms with E-state index in [9.17, 15) is 9.59 Å². The Kier molecular flexibility index (Phi) is 7.00. The molecule has 1 rings (SSSR count). The highest BCUT2D eigenvalue weighted by atomic mass is 16.6. The zero-order valence-electron chi connectivity index (χ0n) is 14.7. The molecule has 0 bridgehead atoms. The second kappa shape index (κ2) is 8.50. The van der Waals surface area contributed by atoms with Gasteiger partial charge >= 0.3 is 6.09 Å². The lowest BCUT2D eigenvalue weighted by Crippen LogP contribution is -2.37. The van der Waals surface area contributed by atoms with Crippen LogP contribution in [0, 0.1) is 0 Å². The maximum absolute atomic E-state index is 12.1. The van der Waals surface area contributed by atoms with Gasteiger partial charge in [-0.1, -0.05) is 6.07 Å². The highest BCUT2D eigenvalue weighted by molar-refractivity contribution is 5.77. The van der Waals surface area contributed by atoms with Gasteiger partial charge in [0.05, 0.1) is 0 Å². The van der Waals surface area contributed by atoms with Crippen LogP contribution in [0.3, 0.4) is 0 Å². The first kappa shape index (κ1) is 18.9. The molecule has 0 aromatic carbocycles. The molecule has 128 valence electrons. The highest BCUT2D eigenvalue weighted by Crippen LogP contribution is 2.09. The summed E-state index contributed by atoms with van der Waals surface area (Å²) in [4.78, 5) is 31.3. The molecule has 0 N–H and O–H groups in total. The van der Waals surface area contributed by atoms with Crippen LogP contribution in [0.1, 0.15) is 32.9 Å². The molecule has 6 heteroatoms. The third-order valence-corrected chi connectivity index (χ3v) is 3.22. The predicted molar refractivity (Wildman–Crippen MR) is 89.1 cm³/mol. The summed E-state index contributed by atoms with van der Waals surface area (Å²) in [5.41, 5.74) is 0.424. The Balaban J connectivity index is 2.33. The van der Waals surface area contributed by atoms with Crippen molar-refractivity contribution < 1.29 is 14.3 Å². The van der Waals surface area contributed by atoms with E-state index >= 15 is 0 Å². The molecule has 0 radical (unpaired) electrons. The minimum absolute atomic E-state index is 0.00339. The molecule has 1 aromatic heterocycles. The molecule has 1 aromatic rings. The quantitative estimate of drug-likeness (QED) is 0.807. The first-order chi connectivity index (χ1) is 10.7. The second-order valence-corrected chi connectivity index (χ2v) is 6.54. The predicted octanol–water partition coefficient (Wildman–Crippen LogP) is 2.34. The first-order valence-corrected chi connectivity index (χ1v) is 7.77. The summed E-state index contributed by atoms with van der Waals surface area (Å²) >= 11 is 0. The van der Waals surface area contributed by atoms with Gasteiger partial charge in [-0.05, 0) is 32.9 Å². The van der Waals surface area contributed by atoms with Gasteiger partial charge in [-0.2, -0.15) is 0 Å². The summed E-state index contributed by atoms with van der Waals surface area (Å²) in [6.07, 6.45) is 2.31. The van der Waals surface area contributed by atoms with Crippen molar-refractivity contribution >= 4 is 12.0 Å². The molecule has 0 spiro atoms. The molecule has 23 heavy (non-hydrogen) atoms. The Hall–Kier alpha value is -2.11. The molecule has 6 nitrogen and oxygen atoms in total. The average molecular weight is 321 g/mol. The first-order valence-electron chi connectivity index (χ1n) is 7.77. The van der Waals surface area contributed by atoms with Crippen LogP contribution in [-0.4, -0.2) is 59.6 Å². The normalized spacial score (nSPS) is 11.0. The Morgan fingerprint density at radius 3 is 2.39 bits per heavy atom. The number of pyridine rings is 1. The minimum Gasteiger partial charge on any atom is -0.444 e. The Morgan fingerprint density at radius 2 is 1.83 bits per heavy atom. The van der Waals surface area contributed by atoms with Gasteiger partial charge in [0.25, 0.3) is 0 Å².